The minimum Gasteiger partial charge on any atom is -0.384 e. The van der Waals surface area contributed by atoms with Crippen molar-refractivity contribution in [1.82, 2.24) is 15.0 Å². The van der Waals surface area contributed by atoms with E-state index in [9.17, 15) is 13.2 Å². The van der Waals surface area contributed by atoms with Gasteiger partial charge < -0.3 is 20.3 Å². The van der Waals surface area contributed by atoms with Gasteiger partial charge >= 0.3 is 6.18 Å². The summed E-state index contributed by atoms with van der Waals surface area (Å²) < 4.78 is 46.2. The lowest BCUT2D eigenvalue weighted by molar-refractivity contribution is -0.140. The van der Waals surface area contributed by atoms with E-state index in [1.807, 2.05) is 16.7 Å². The zero-order chi connectivity index (χ0) is 19.9. The molecular weight excluding hydrogens is 373 g/mol. The summed E-state index contributed by atoms with van der Waals surface area (Å²) in [5.74, 6) is 0.838. The first kappa shape index (κ1) is 18.7. The number of nitrogen functional groups attached to an aromatic ring is 1. The molecule has 0 unspecified atom stereocenters. The molecule has 28 heavy (non-hydrogen) atoms. The van der Waals surface area contributed by atoms with E-state index < -0.39 is 11.9 Å². The summed E-state index contributed by atoms with van der Waals surface area (Å²) in [6.45, 7) is 5.24. The van der Waals surface area contributed by atoms with Crippen molar-refractivity contribution >= 4 is 17.6 Å². The predicted molar refractivity (Wildman–Crippen MR) is 99.1 cm³/mol. The lowest BCUT2D eigenvalue weighted by atomic mass is 10.1. The number of nitrogens with two attached hydrogens (primary N) is 1. The van der Waals surface area contributed by atoms with Crippen LogP contribution in [0.15, 0.2) is 18.2 Å². The van der Waals surface area contributed by atoms with Crippen LogP contribution in [-0.2, 0) is 10.9 Å². The molecule has 1 atom stereocenters. The average molecular weight is 394 g/mol. The van der Waals surface area contributed by atoms with Gasteiger partial charge in [0.05, 0.1) is 24.9 Å². The van der Waals surface area contributed by atoms with Crippen LogP contribution in [0.4, 0.5) is 30.8 Å². The molecule has 0 aromatic carbocycles. The van der Waals surface area contributed by atoms with Crippen LogP contribution in [0.25, 0.3) is 11.3 Å². The Labute approximate surface area is 160 Å². The molecule has 150 valence electrons. The van der Waals surface area contributed by atoms with Crippen LogP contribution < -0.4 is 15.5 Å². The molecule has 0 aliphatic carbocycles. The molecule has 7 nitrogen and oxygen atoms in total. The molecule has 2 aliphatic heterocycles. The van der Waals surface area contributed by atoms with Crippen LogP contribution in [0, 0.1) is 0 Å². The average Bonchev–Trinajstić information content (AvgIpc) is 2.59. The van der Waals surface area contributed by atoms with Crippen molar-refractivity contribution < 1.29 is 17.9 Å². The second-order valence-corrected chi connectivity index (χ2v) is 7.00. The molecule has 2 aromatic heterocycles. The highest BCUT2D eigenvalue weighted by molar-refractivity contribution is 5.69. The lowest BCUT2D eigenvalue weighted by Crippen LogP contribution is -2.45. The summed E-state index contributed by atoms with van der Waals surface area (Å²) in [5.41, 5.74) is 4.54. The van der Waals surface area contributed by atoms with Gasteiger partial charge in [0.15, 0.2) is 5.69 Å². The maximum atomic E-state index is 13.6. The molecule has 2 aliphatic rings. The Hall–Kier alpha value is -2.62. The Morgan fingerprint density at radius 1 is 1.14 bits per heavy atom. The van der Waals surface area contributed by atoms with Crippen LogP contribution in [0.1, 0.15) is 19.0 Å². The highest BCUT2D eigenvalue weighted by atomic mass is 19.4. The molecule has 10 heteroatoms. The summed E-state index contributed by atoms with van der Waals surface area (Å²) in [4.78, 5) is 16.6. The van der Waals surface area contributed by atoms with Crippen molar-refractivity contribution in [2.24, 2.45) is 0 Å². The number of ether oxygens (including phenoxy) is 1. The molecule has 2 N–H and O–H groups in total. The van der Waals surface area contributed by atoms with Crippen molar-refractivity contribution in [3.05, 3.63) is 23.9 Å². The van der Waals surface area contributed by atoms with E-state index in [0.717, 1.165) is 19.5 Å². The summed E-state index contributed by atoms with van der Waals surface area (Å²) in [7, 11) is 0. The highest BCUT2D eigenvalue weighted by Gasteiger charge is 2.37. The zero-order valence-electron chi connectivity index (χ0n) is 15.4. The lowest BCUT2D eigenvalue weighted by Gasteiger charge is -2.36. The fourth-order valence-corrected chi connectivity index (χ4v) is 3.32. The first-order valence-corrected chi connectivity index (χ1v) is 9.15. The molecule has 0 radical (unpaired) electrons. The Bertz CT molecular complexity index is 871. The van der Waals surface area contributed by atoms with Crippen LogP contribution in [0.3, 0.4) is 0 Å². The SMILES string of the molecule is C[C@@H]1COCCN1c1nc(-c2ccc(N)nc2C(F)(F)F)cc(N2CCC2)n1. The Morgan fingerprint density at radius 3 is 2.57 bits per heavy atom. The zero-order valence-corrected chi connectivity index (χ0v) is 15.4. The maximum absolute atomic E-state index is 13.6. The van der Waals surface area contributed by atoms with Crippen molar-refractivity contribution in [3.8, 4) is 11.3 Å². The van der Waals surface area contributed by atoms with Gasteiger partial charge in [0.25, 0.3) is 0 Å². The number of morpholine rings is 1. The van der Waals surface area contributed by atoms with E-state index >= 15 is 0 Å². The van der Waals surface area contributed by atoms with Crippen LogP contribution in [-0.4, -0.2) is 53.8 Å². The van der Waals surface area contributed by atoms with E-state index in [-0.39, 0.29) is 23.1 Å². The highest BCUT2D eigenvalue weighted by Crippen LogP contribution is 2.37. The van der Waals surface area contributed by atoms with E-state index in [1.165, 1.54) is 12.1 Å². The molecule has 2 fully saturated rings. The number of pyridine rings is 1. The standard InChI is InChI=1S/C18H21F3N6O/c1-11-10-28-8-7-27(11)17-23-13(9-15(25-17)26-5-2-6-26)12-3-4-14(22)24-16(12)18(19,20)21/h3-4,9,11H,2,5-8,10H2,1H3,(H2,22,24)/t11-/m1/s1. The molecule has 4 heterocycles. The van der Waals surface area contributed by atoms with E-state index in [2.05, 4.69) is 15.0 Å². The quantitative estimate of drug-likeness (QED) is 0.857. The summed E-state index contributed by atoms with van der Waals surface area (Å²) >= 11 is 0. The van der Waals surface area contributed by atoms with Gasteiger partial charge in [-0.15, -0.1) is 0 Å². The molecular formula is C18H21F3N6O. The molecule has 0 amide bonds. The van der Waals surface area contributed by atoms with Gasteiger partial charge in [-0.1, -0.05) is 0 Å². The third kappa shape index (κ3) is 3.56. The summed E-state index contributed by atoms with van der Waals surface area (Å²) in [5, 5.41) is 0. The minimum atomic E-state index is -4.64. The fourth-order valence-electron chi connectivity index (χ4n) is 3.32. The largest absolute Gasteiger partial charge is 0.434 e. The monoisotopic (exact) mass is 394 g/mol. The van der Waals surface area contributed by atoms with Gasteiger partial charge in [-0.25, -0.2) is 9.97 Å². The van der Waals surface area contributed by atoms with Crippen molar-refractivity contribution in [2.45, 2.75) is 25.6 Å². The second kappa shape index (κ2) is 7.08. The number of aromatic nitrogens is 3. The number of rotatable bonds is 3. The Balaban J connectivity index is 1.84. The first-order valence-electron chi connectivity index (χ1n) is 9.15. The number of alkyl halides is 3. The minimum absolute atomic E-state index is 0.0277. The summed E-state index contributed by atoms with van der Waals surface area (Å²) in [6.07, 6.45) is -3.61. The molecule has 2 aromatic rings. The van der Waals surface area contributed by atoms with Crippen molar-refractivity contribution in [3.63, 3.8) is 0 Å². The molecule has 2 saturated heterocycles. The van der Waals surface area contributed by atoms with Gasteiger partial charge in [0.2, 0.25) is 5.95 Å². The maximum Gasteiger partial charge on any atom is 0.434 e. The van der Waals surface area contributed by atoms with Crippen LogP contribution >= 0.6 is 0 Å². The van der Waals surface area contributed by atoms with E-state index in [4.69, 9.17) is 10.5 Å². The topological polar surface area (TPSA) is 80.4 Å². The van der Waals surface area contributed by atoms with Gasteiger partial charge in [-0.3, -0.25) is 0 Å². The van der Waals surface area contributed by atoms with Crippen molar-refractivity contribution in [2.75, 3.05) is 48.4 Å². The fraction of sp³-hybridized carbons (Fsp3) is 0.500. The Morgan fingerprint density at radius 2 is 1.93 bits per heavy atom. The van der Waals surface area contributed by atoms with E-state index in [0.29, 0.717) is 31.5 Å². The molecule has 4 rings (SSSR count). The van der Waals surface area contributed by atoms with Gasteiger partial charge in [-0.2, -0.15) is 18.2 Å². The molecule has 0 saturated carbocycles. The third-order valence-electron chi connectivity index (χ3n) is 4.97. The van der Waals surface area contributed by atoms with E-state index in [1.54, 1.807) is 6.07 Å². The normalized spacial score (nSPS) is 20.2. The van der Waals surface area contributed by atoms with Crippen LogP contribution in [0.5, 0.6) is 0 Å². The predicted octanol–water partition coefficient (Wildman–Crippen LogP) is 2.57. The molecule has 0 spiro atoms. The number of hydrogen-bond acceptors (Lipinski definition) is 7. The number of nitrogens with zero attached hydrogens (tertiary/aromatic N) is 5. The number of halogens is 3. The second-order valence-electron chi connectivity index (χ2n) is 7.00. The van der Waals surface area contributed by atoms with Crippen LogP contribution in [0.2, 0.25) is 0 Å². The molecule has 0 bridgehead atoms. The van der Waals surface area contributed by atoms with Gasteiger partial charge in [-0.05, 0) is 25.5 Å². The van der Waals surface area contributed by atoms with Gasteiger partial charge in [0.1, 0.15) is 11.6 Å². The van der Waals surface area contributed by atoms with Gasteiger partial charge in [0, 0.05) is 31.3 Å². The number of hydrogen-bond donors (Lipinski definition) is 1. The number of anilines is 3. The summed E-state index contributed by atoms with van der Waals surface area (Å²) in [6, 6.07) is 4.29. The van der Waals surface area contributed by atoms with Crippen molar-refractivity contribution in [1.29, 1.82) is 0 Å². The first-order chi connectivity index (χ1) is 13.3. The third-order valence-corrected chi connectivity index (χ3v) is 4.97. The smallest absolute Gasteiger partial charge is 0.384 e. The Kier molecular flexibility index (Phi) is 4.74.